The van der Waals surface area contributed by atoms with E-state index in [0.717, 1.165) is 24.3 Å². The molecule has 0 bridgehead atoms. The van der Waals surface area contributed by atoms with Crippen LogP contribution in [0.1, 0.15) is 25.3 Å². The van der Waals surface area contributed by atoms with Crippen LogP contribution in [0.25, 0.3) is 0 Å². The van der Waals surface area contributed by atoms with Gasteiger partial charge in [-0.3, -0.25) is 4.90 Å². The van der Waals surface area contributed by atoms with Crippen LogP contribution < -0.4 is 5.73 Å². The van der Waals surface area contributed by atoms with Gasteiger partial charge < -0.3 is 10.8 Å². The predicted molar refractivity (Wildman–Crippen MR) is 66.0 cm³/mol. The van der Waals surface area contributed by atoms with Crippen molar-refractivity contribution in [1.29, 1.82) is 0 Å². The number of aliphatic hydroxyl groups excluding tert-OH is 1. The van der Waals surface area contributed by atoms with Crippen molar-refractivity contribution >= 4 is 5.69 Å². The lowest BCUT2D eigenvalue weighted by atomic mass is 10.1. The third-order valence-electron chi connectivity index (χ3n) is 2.99. The summed E-state index contributed by atoms with van der Waals surface area (Å²) in [6.07, 6.45) is 2.23. The van der Waals surface area contributed by atoms with Gasteiger partial charge in [0.1, 0.15) is 0 Å². The van der Waals surface area contributed by atoms with Gasteiger partial charge in [0.15, 0.2) is 0 Å². The average molecular weight is 220 g/mol. The van der Waals surface area contributed by atoms with Crippen molar-refractivity contribution in [1.82, 2.24) is 4.90 Å². The van der Waals surface area contributed by atoms with Crippen molar-refractivity contribution in [2.45, 2.75) is 38.5 Å². The average Bonchev–Trinajstić information content (AvgIpc) is 3.03. The van der Waals surface area contributed by atoms with Gasteiger partial charge in [0.05, 0.1) is 6.10 Å². The molecule has 88 valence electrons. The zero-order valence-electron chi connectivity index (χ0n) is 9.76. The molecule has 16 heavy (non-hydrogen) atoms. The van der Waals surface area contributed by atoms with Crippen molar-refractivity contribution in [3.63, 3.8) is 0 Å². The molecule has 0 aliphatic heterocycles. The van der Waals surface area contributed by atoms with E-state index in [2.05, 4.69) is 11.0 Å². The van der Waals surface area contributed by atoms with Gasteiger partial charge in [-0.2, -0.15) is 0 Å². The second kappa shape index (κ2) is 4.85. The van der Waals surface area contributed by atoms with Crippen molar-refractivity contribution in [2.24, 2.45) is 0 Å². The van der Waals surface area contributed by atoms with Gasteiger partial charge >= 0.3 is 0 Å². The first-order chi connectivity index (χ1) is 7.66. The molecule has 0 spiro atoms. The highest BCUT2D eigenvalue weighted by molar-refractivity contribution is 5.46. The van der Waals surface area contributed by atoms with Crippen LogP contribution in [-0.2, 0) is 6.54 Å². The van der Waals surface area contributed by atoms with E-state index in [9.17, 15) is 5.11 Å². The first-order valence-electron chi connectivity index (χ1n) is 5.92. The molecule has 1 aromatic rings. The fraction of sp³-hybridized carbons (Fsp3) is 0.538. The fourth-order valence-corrected chi connectivity index (χ4v) is 2.02. The summed E-state index contributed by atoms with van der Waals surface area (Å²) in [6.45, 7) is 3.42. The highest BCUT2D eigenvalue weighted by Gasteiger charge is 2.29. The monoisotopic (exact) mass is 220 g/mol. The van der Waals surface area contributed by atoms with Crippen LogP contribution in [0, 0.1) is 0 Å². The molecule has 0 amide bonds. The SMILES string of the molecule is CC(O)CN(Cc1ccccc1N)C1CC1. The Labute approximate surface area is 96.9 Å². The van der Waals surface area contributed by atoms with Gasteiger partial charge in [0.2, 0.25) is 0 Å². The molecule has 1 aromatic carbocycles. The molecular weight excluding hydrogens is 200 g/mol. The maximum Gasteiger partial charge on any atom is 0.0639 e. The van der Waals surface area contributed by atoms with E-state index in [-0.39, 0.29) is 6.10 Å². The van der Waals surface area contributed by atoms with E-state index in [4.69, 9.17) is 5.73 Å². The Bertz CT molecular complexity index is 348. The summed E-state index contributed by atoms with van der Waals surface area (Å²) in [5, 5.41) is 9.47. The minimum Gasteiger partial charge on any atom is -0.398 e. The molecular formula is C13H20N2O. The van der Waals surface area contributed by atoms with E-state index in [0.29, 0.717) is 6.04 Å². The Morgan fingerprint density at radius 2 is 2.12 bits per heavy atom. The summed E-state index contributed by atoms with van der Waals surface area (Å²) in [5.74, 6) is 0. The Morgan fingerprint density at radius 1 is 1.44 bits per heavy atom. The summed E-state index contributed by atoms with van der Waals surface area (Å²) in [6, 6.07) is 8.61. The number of hydrogen-bond acceptors (Lipinski definition) is 3. The molecule has 0 heterocycles. The maximum absolute atomic E-state index is 9.47. The molecule has 0 saturated heterocycles. The number of rotatable bonds is 5. The number of aliphatic hydroxyl groups is 1. The van der Waals surface area contributed by atoms with E-state index in [1.165, 1.54) is 12.8 Å². The first-order valence-corrected chi connectivity index (χ1v) is 5.92. The van der Waals surface area contributed by atoms with Crippen molar-refractivity contribution in [3.05, 3.63) is 29.8 Å². The Morgan fingerprint density at radius 3 is 2.69 bits per heavy atom. The highest BCUT2D eigenvalue weighted by Crippen LogP contribution is 2.29. The van der Waals surface area contributed by atoms with Crippen molar-refractivity contribution in [3.8, 4) is 0 Å². The zero-order valence-corrected chi connectivity index (χ0v) is 9.76. The largest absolute Gasteiger partial charge is 0.398 e. The second-order valence-electron chi connectivity index (χ2n) is 4.71. The van der Waals surface area contributed by atoms with Crippen LogP contribution in [0.3, 0.4) is 0 Å². The predicted octanol–water partition coefficient (Wildman–Crippen LogP) is 1.61. The quantitative estimate of drug-likeness (QED) is 0.741. The van der Waals surface area contributed by atoms with Gasteiger partial charge in [-0.1, -0.05) is 18.2 Å². The van der Waals surface area contributed by atoms with E-state index < -0.39 is 0 Å². The standard InChI is InChI=1S/C13H20N2O/c1-10(16)8-15(12-6-7-12)9-11-4-2-3-5-13(11)14/h2-5,10,12,16H,6-9,14H2,1H3. The van der Waals surface area contributed by atoms with Gasteiger partial charge in [0, 0.05) is 24.8 Å². The zero-order chi connectivity index (χ0) is 11.5. The van der Waals surface area contributed by atoms with Gasteiger partial charge in [-0.25, -0.2) is 0 Å². The van der Waals surface area contributed by atoms with Crippen molar-refractivity contribution < 1.29 is 5.11 Å². The van der Waals surface area contributed by atoms with Crippen LogP contribution in [0.4, 0.5) is 5.69 Å². The first kappa shape index (κ1) is 11.4. The van der Waals surface area contributed by atoms with Gasteiger partial charge in [-0.15, -0.1) is 0 Å². The number of nitrogens with two attached hydrogens (primary N) is 1. The van der Waals surface area contributed by atoms with Crippen LogP contribution in [0.15, 0.2) is 24.3 Å². The molecule has 2 rings (SSSR count). The number of hydrogen-bond donors (Lipinski definition) is 2. The summed E-state index contributed by atoms with van der Waals surface area (Å²) in [4.78, 5) is 2.33. The van der Waals surface area contributed by atoms with E-state index in [1.54, 1.807) is 0 Å². The van der Waals surface area contributed by atoms with Gasteiger partial charge in [-0.05, 0) is 31.4 Å². The molecule has 0 radical (unpaired) electrons. The number of nitrogen functional groups attached to an aromatic ring is 1. The summed E-state index contributed by atoms with van der Waals surface area (Å²) < 4.78 is 0. The fourth-order valence-electron chi connectivity index (χ4n) is 2.02. The molecule has 0 aromatic heterocycles. The molecule has 1 unspecified atom stereocenters. The maximum atomic E-state index is 9.47. The van der Waals surface area contributed by atoms with E-state index in [1.807, 2.05) is 25.1 Å². The smallest absolute Gasteiger partial charge is 0.0639 e. The summed E-state index contributed by atoms with van der Waals surface area (Å²) in [5.41, 5.74) is 7.94. The van der Waals surface area contributed by atoms with Gasteiger partial charge in [0.25, 0.3) is 0 Å². The molecule has 1 atom stereocenters. The topological polar surface area (TPSA) is 49.5 Å². The lowest BCUT2D eigenvalue weighted by Crippen LogP contribution is -2.32. The molecule has 3 N–H and O–H groups in total. The minimum atomic E-state index is -0.273. The summed E-state index contributed by atoms with van der Waals surface area (Å²) >= 11 is 0. The number of nitrogens with zero attached hydrogens (tertiary/aromatic N) is 1. The molecule has 1 fully saturated rings. The van der Waals surface area contributed by atoms with Crippen molar-refractivity contribution in [2.75, 3.05) is 12.3 Å². The van der Waals surface area contributed by atoms with Crippen LogP contribution in [0.2, 0.25) is 0 Å². The Hall–Kier alpha value is -1.06. The number of para-hydroxylation sites is 1. The number of anilines is 1. The molecule has 3 nitrogen and oxygen atoms in total. The lowest BCUT2D eigenvalue weighted by molar-refractivity contribution is 0.118. The third kappa shape index (κ3) is 2.97. The lowest BCUT2D eigenvalue weighted by Gasteiger charge is -2.24. The number of benzene rings is 1. The normalized spacial score (nSPS) is 17.7. The van der Waals surface area contributed by atoms with Crippen LogP contribution >= 0.6 is 0 Å². The minimum absolute atomic E-state index is 0.273. The second-order valence-corrected chi connectivity index (χ2v) is 4.71. The van der Waals surface area contributed by atoms with Crippen LogP contribution in [-0.4, -0.2) is 28.7 Å². The highest BCUT2D eigenvalue weighted by atomic mass is 16.3. The van der Waals surface area contributed by atoms with Crippen LogP contribution in [0.5, 0.6) is 0 Å². The van der Waals surface area contributed by atoms with E-state index >= 15 is 0 Å². The molecule has 1 aliphatic rings. The molecule has 1 aliphatic carbocycles. The Kier molecular flexibility index (Phi) is 3.46. The molecule has 1 saturated carbocycles. The Balaban J connectivity index is 2.02. The molecule has 3 heteroatoms. The summed E-state index contributed by atoms with van der Waals surface area (Å²) in [7, 11) is 0. The third-order valence-corrected chi connectivity index (χ3v) is 2.99.